The summed E-state index contributed by atoms with van der Waals surface area (Å²) in [4.78, 5) is 17.5. The lowest BCUT2D eigenvalue weighted by Crippen LogP contribution is -2.58. The van der Waals surface area contributed by atoms with Crippen molar-refractivity contribution in [3.63, 3.8) is 0 Å². The number of piperazine rings is 1. The Labute approximate surface area is 241 Å². The quantitative estimate of drug-likeness (QED) is 0.337. The van der Waals surface area contributed by atoms with Crippen molar-refractivity contribution < 1.29 is 22.3 Å². The summed E-state index contributed by atoms with van der Waals surface area (Å²) in [5.74, 6) is -0.0149. The summed E-state index contributed by atoms with van der Waals surface area (Å²) >= 11 is 6.27. The summed E-state index contributed by atoms with van der Waals surface area (Å²) < 4.78 is 47.0. The van der Waals surface area contributed by atoms with Crippen molar-refractivity contribution in [3.8, 4) is 5.75 Å². The molecule has 3 aromatic rings. The smallest absolute Gasteiger partial charge is 0.260 e. The third-order valence-electron chi connectivity index (χ3n) is 7.47. The molecular formula is C30H35ClFN3O4S. The molecule has 1 aliphatic rings. The lowest BCUT2D eigenvalue weighted by atomic mass is 10.1. The Morgan fingerprint density at radius 3 is 2.40 bits per heavy atom. The van der Waals surface area contributed by atoms with Gasteiger partial charge in [-0.05, 0) is 68.8 Å². The van der Waals surface area contributed by atoms with E-state index in [1.54, 1.807) is 67.6 Å². The molecule has 3 unspecified atom stereocenters. The standard InChI is InChI=1S/C30H35ClFN3O4S/c1-21-18-35(22(2)17-34(21)19-24-10-13-26(32)14-11-24)30(36)20-39-29-15-12-25(31)16-28(29)23(3)33(4)40(37,38)27-8-6-5-7-9-27/h5-16,21-23H,17-20H2,1-4H3. The van der Waals surface area contributed by atoms with Gasteiger partial charge in [-0.25, -0.2) is 12.8 Å². The lowest BCUT2D eigenvalue weighted by molar-refractivity contribution is -0.139. The van der Waals surface area contributed by atoms with Crippen molar-refractivity contribution in [3.05, 3.63) is 94.8 Å². The number of rotatable bonds is 9. The number of nitrogens with zero attached hydrogens (tertiary/aromatic N) is 3. The van der Waals surface area contributed by atoms with Gasteiger partial charge in [0.05, 0.1) is 10.9 Å². The number of amides is 1. The number of benzene rings is 3. The molecule has 40 heavy (non-hydrogen) atoms. The van der Waals surface area contributed by atoms with Crippen molar-refractivity contribution >= 4 is 27.5 Å². The largest absolute Gasteiger partial charge is 0.483 e. The Bertz CT molecular complexity index is 1420. The summed E-state index contributed by atoms with van der Waals surface area (Å²) in [5.41, 5.74) is 1.58. The van der Waals surface area contributed by atoms with Gasteiger partial charge in [0.2, 0.25) is 10.0 Å². The minimum Gasteiger partial charge on any atom is -0.483 e. The first-order valence-corrected chi connectivity index (χ1v) is 15.0. The van der Waals surface area contributed by atoms with Gasteiger partial charge in [-0.1, -0.05) is 41.9 Å². The zero-order chi connectivity index (χ0) is 29.0. The van der Waals surface area contributed by atoms with Crippen LogP contribution in [0.2, 0.25) is 5.02 Å². The SMILES string of the molecule is CC1CN(C(=O)COc2ccc(Cl)cc2C(C)N(C)S(=O)(=O)c2ccccc2)C(C)CN1Cc1ccc(F)cc1. The molecule has 10 heteroatoms. The topological polar surface area (TPSA) is 70.2 Å². The number of halogens is 2. The monoisotopic (exact) mass is 587 g/mol. The second-order valence-corrected chi connectivity index (χ2v) is 12.7. The first-order valence-electron chi connectivity index (χ1n) is 13.2. The number of hydrogen-bond acceptors (Lipinski definition) is 5. The van der Waals surface area contributed by atoms with E-state index >= 15 is 0 Å². The van der Waals surface area contributed by atoms with Crippen LogP contribution in [0.1, 0.15) is 37.9 Å². The predicted molar refractivity (Wildman–Crippen MR) is 154 cm³/mol. The van der Waals surface area contributed by atoms with Gasteiger partial charge in [-0.15, -0.1) is 0 Å². The molecule has 3 aromatic carbocycles. The fourth-order valence-electron chi connectivity index (χ4n) is 4.95. The van der Waals surface area contributed by atoms with Crippen molar-refractivity contribution in [2.75, 3.05) is 26.7 Å². The highest BCUT2D eigenvalue weighted by Gasteiger charge is 2.33. The van der Waals surface area contributed by atoms with Crippen LogP contribution >= 0.6 is 11.6 Å². The summed E-state index contributed by atoms with van der Waals surface area (Å²) in [6.07, 6.45) is 0. The van der Waals surface area contributed by atoms with E-state index in [0.717, 1.165) is 5.56 Å². The first-order chi connectivity index (χ1) is 19.0. The maximum Gasteiger partial charge on any atom is 0.260 e. The second kappa shape index (κ2) is 12.7. The van der Waals surface area contributed by atoms with Gasteiger partial charge in [-0.2, -0.15) is 4.31 Å². The van der Waals surface area contributed by atoms with Gasteiger partial charge in [0.1, 0.15) is 11.6 Å². The van der Waals surface area contributed by atoms with Gasteiger partial charge >= 0.3 is 0 Å². The van der Waals surface area contributed by atoms with Gasteiger partial charge in [0.15, 0.2) is 6.61 Å². The molecule has 1 heterocycles. The van der Waals surface area contributed by atoms with E-state index in [2.05, 4.69) is 11.8 Å². The van der Waals surface area contributed by atoms with Crippen LogP contribution < -0.4 is 4.74 Å². The molecule has 0 aromatic heterocycles. The van der Waals surface area contributed by atoms with Crippen molar-refractivity contribution in [1.82, 2.24) is 14.1 Å². The summed E-state index contributed by atoms with van der Waals surface area (Å²) in [6, 6.07) is 19.1. The van der Waals surface area contributed by atoms with Crippen LogP contribution in [0.5, 0.6) is 5.75 Å². The number of sulfonamides is 1. The summed E-state index contributed by atoms with van der Waals surface area (Å²) in [5, 5.41) is 0.436. The van der Waals surface area contributed by atoms with Crippen LogP contribution in [0.15, 0.2) is 77.7 Å². The van der Waals surface area contributed by atoms with Crippen LogP contribution in [0, 0.1) is 5.82 Å². The minimum absolute atomic E-state index is 0.0430. The highest BCUT2D eigenvalue weighted by atomic mass is 35.5. The molecule has 1 aliphatic heterocycles. The molecular weight excluding hydrogens is 553 g/mol. The van der Waals surface area contributed by atoms with Crippen molar-refractivity contribution in [2.24, 2.45) is 0 Å². The molecule has 0 N–H and O–H groups in total. The Morgan fingerprint density at radius 2 is 1.73 bits per heavy atom. The first kappa shape index (κ1) is 30.0. The number of carbonyl (C=O) groups excluding carboxylic acids is 1. The van der Waals surface area contributed by atoms with Crippen LogP contribution in [0.4, 0.5) is 4.39 Å². The Hall–Kier alpha value is -2.98. The normalized spacial score (nSPS) is 19.0. The number of carbonyl (C=O) groups is 1. The van der Waals surface area contributed by atoms with E-state index in [9.17, 15) is 17.6 Å². The molecule has 1 amide bonds. The van der Waals surface area contributed by atoms with Crippen LogP contribution in [0.3, 0.4) is 0 Å². The lowest BCUT2D eigenvalue weighted by Gasteiger charge is -2.44. The van der Waals surface area contributed by atoms with E-state index < -0.39 is 16.1 Å². The second-order valence-electron chi connectivity index (χ2n) is 10.3. The van der Waals surface area contributed by atoms with E-state index in [0.29, 0.717) is 36.0 Å². The maximum absolute atomic E-state index is 13.3. The molecule has 214 valence electrons. The molecule has 0 bridgehead atoms. The maximum atomic E-state index is 13.3. The van der Waals surface area contributed by atoms with Crippen molar-refractivity contribution in [1.29, 1.82) is 0 Å². The fourth-order valence-corrected chi connectivity index (χ4v) is 6.50. The molecule has 4 rings (SSSR count). The molecule has 7 nitrogen and oxygen atoms in total. The Balaban J connectivity index is 1.43. The van der Waals surface area contributed by atoms with E-state index in [4.69, 9.17) is 16.3 Å². The minimum atomic E-state index is -3.77. The Morgan fingerprint density at radius 1 is 1.05 bits per heavy atom. The predicted octanol–water partition coefficient (Wildman–Crippen LogP) is 5.36. The number of hydrogen-bond donors (Lipinski definition) is 0. The van der Waals surface area contributed by atoms with E-state index in [1.165, 1.54) is 23.5 Å². The number of ether oxygens (including phenoxy) is 1. The molecule has 0 saturated carbocycles. The average molecular weight is 588 g/mol. The van der Waals surface area contributed by atoms with E-state index in [1.807, 2.05) is 11.8 Å². The van der Waals surface area contributed by atoms with Gasteiger partial charge in [-0.3, -0.25) is 9.69 Å². The third kappa shape index (κ3) is 6.83. The van der Waals surface area contributed by atoms with Crippen molar-refractivity contribution in [2.45, 2.75) is 50.3 Å². The van der Waals surface area contributed by atoms with E-state index in [-0.39, 0.29) is 35.3 Å². The molecule has 3 atom stereocenters. The molecule has 1 fully saturated rings. The fraction of sp³-hybridized carbons (Fsp3) is 0.367. The zero-order valence-corrected chi connectivity index (χ0v) is 24.7. The Kier molecular flexibility index (Phi) is 9.51. The van der Waals surface area contributed by atoms with Gasteiger partial charge < -0.3 is 9.64 Å². The highest BCUT2D eigenvalue weighted by molar-refractivity contribution is 7.89. The van der Waals surface area contributed by atoms with Gasteiger partial charge in [0.25, 0.3) is 5.91 Å². The summed E-state index contributed by atoms with van der Waals surface area (Å²) in [6.45, 7) is 7.52. The molecule has 0 spiro atoms. The molecule has 0 radical (unpaired) electrons. The van der Waals surface area contributed by atoms with Crippen LogP contribution in [0.25, 0.3) is 0 Å². The van der Waals surface area contributed by atoms with Crippen LogP contribution in [-0.2, 0) is 21.4 Å². The van der Waals surface area contributed by atoms with Crippen LogP contribution in [-0.4, -0.2) is 67.3 Å². The van der Waals surface area contributed by atoms with Gasteiger partial charge in [0, 0.05) is 49.4 Å². The summed E-state index contributed by atoms with van der Waals surface area (Å²) in [7, 11) is -2.26. The zero-order valence-electron chi connectivity index (χ0n) is 23.1. The average Bonchev–Trinajstić information content (AvgIpc) is 2.94. The molecule has 1 saturated heterocycles. The third-order valence-corrected chi connectivity index (χ3v) is 9.65. The highest BCUT2D eigenvalue weighted by Crippen LogP contribution is 2.34. The molecule has 0 aliphatic carbocycles.